The molecule has 2 heterocycles. The normalized spacial score (nSPS) is 18.4. The highest BCUT2D eigenvalue weighted by Crippen LogP contribution is 2.47. The van der Waals surface area contributed by atoms with Crippen molar-refractivity contribution in [1.29, 1.82) is 0 Å². The lowest BCUT2D eigenvalue weighted by molar-refractivity contribution is -0.140. The molecule has 1 aromatic carbocycles. The zero-order valence-electron chi connectivity index (χ0n) is 9.77. The van der Waals surface area contributed by atoms with Crippen LogP contribution in [0, 0.1) is 0 Å². The van der Waals surface area contributed by atoms with Crippen molar-refractivity contribution in [3.05, 3.63) is 22.8 Å². The zero-order chi connectivity index (χ0) is 12.8. The molecular weight excluding hydrogens is 245 g/mol. The highest BCUT2D eigenvalue weighted by Gasteiger charge is 2.41. The average Bonchev–Trinajstić information content (AvgIpc) is 2.34. The van der Waals surface area contributed by atoms with Crippen molar-refractivity contribution in [1.82, 2.24) is 0 Å². The molecule has 0 spiro atoms. The fourth-order valence-corrected chi connectivity index (χ4v) is 2.63. The molecule has 0 saturated heterocycles. The summed E-state index contributed by atoms with van der Waals surface area (Å²) in [5.74, 6) is 0.413. The fraction of sp³-hybridized carbons (Fsp3) is 0.538. The molecule has 2 aliphatic heterocycles. The molecule has 0 atom stereocenters. The summed E-state index contributed by atoms with van der Waals surface area (Å²) in [5.41, 5.74) is 0.262. The van der Waals surface area contributed by atoms with E-state index >= 15 is 0 Å². The Morgan fingerprint density at radius 2 is 1.72 bits per heavy atom. The Morgan fingerprint density at radius 3 is 2.50 bits per heavy atom. The third-order valence-corrected chi connectivity index (χ3v) is 3.37. The van der Waals surface area contributed by atoms with Gasteiger partial charge in [0.25, 0.3) is 0 Å². The number of fused-ring (bicyclic) bond motifs is 2. The van der Waals surface area contributed by atoms with Crippen LogP contribution >= 0.6 is 0 Å². The van der Waals surface area contributed by atoms with Crippen LogP contribution in [-0.4, -0.2) is 13.2 Å². The van der Waals surface area contributed by atoms with Crippen molar-refractivity contribution in [3.63, 3.8) is 0 Å². The maximum atomic E-state index is 13.2. The first-order valence-corrected chi connectivity index (χ1v) is 6.09. The summed E-state index contributed by atoms with van der Waals surface area (Å²) in [7, 11) is 0. The van der Waals surface area contributed by atoms with Crippen molar-refractivity contribution < 1.29 is 22.6 Å². The second-order valence-electron chi connectivity index (χ2n) is 4.62. The maximum Gasteiger partial charge on any atom is 0.420 e. The lowest BCUT2D eigenvalue weighted by Crippen LogP contribution is -2.21. The van der Waals surface area contributed by atoms with E-state index in [0.717, 1.165) is 6.42 Å². The summed E-state index contributed by atoms with van der Waals surface area (Å²) in [6.07, 6.45) is -1.98. The van der Waals surface area contributed by atoms with Gasteiger partial charge in [-0.3, -0.25) is 0 Å². The highest BCUT2D eigenvalue weighted by atomic mass is 19.4. The van der Waals surface area contributed by atoms with E-state index in [9.17, 15) is 13.2 Å². The molecule has 0 saturated carbocycles. The van der Waals surface area contributed by atoms with E-state index in [1.165, 1.54) is 0 Å². The molecule has 18 heavy (non-hydrogen) atoms. The van der Waals surface area contributed by atoms with Crippen molar-refractivity contribution >= 4 is 0 Å². The van der Waals surface area contributed by atoms with Gasteiger partial charge < -0.3 is 9.47 Å². The molecule has 0 N–H and O–H groups in total. The van der Waals surface area contributed by atoms with Crippen LogP contribution < -0.4 is 9.47 Å². The van der Waals surface area contributed by atoms with Gasteiger partial charge in [0.15, 0.2) is 0 Å². The molecule has 0 amide bonds. The summed E-state index contributed by atoms with van der Waals surface area (Å²) in [4.78, 5) is 0. The minimum atomic E-state index is -4.38. The number of hydrogen-bond donors (Lipinski definition) is 0. The summed E-state index contributed by atoms with van der Waals surface area (Å²) in [6.45, 7) is 0.847. The second-order valence-corrected chi connectivity index (χ2v) is 4.62. The van der Waals surface area contributed by atoms with Gasteiger partial charge >= 0.3 is 6.18 Å². The number of halogens is 3. The van der Waals surface area contributed by atoms with E-state index < -0.39 is 11.7 Å². The van der Waals surface area contributed by atoms with Crippen molar-refractivity contribution in [2.45, 2.75) is 31.9 Å². The van der Waals surface area contributed by atoms with Gasteiger partial charge in [-0.05, 0) is 37.3 Å². The number of benzene rings is 1. The van der Waals surface area contributed by atoms with Gasteiger partial charge in [0.05, 0.1) is 13.2 Å². The van der Waals surface area contributed by atoms with E-state index in [2.05, 4.69) is 0 Å². The number of alkyl halides is 3. The standard InChI is InChI=1S/C13H13F3O2/c14-13(15,16)11-9-4-2-5-17-10(9)7-8-3-1-6-18-12(8)11/h7H,1-6H2. The first-order valence-electron chi connectivity index (χ1n) is 6.09. The predicted molar refractivity (Wildman–Crippen MR) is 59.1 cm³/mol. The largest absolute Gasteiger partial charge is 0.493 e. The van der Waals surface area contributed by atoms with Gasteiger partial charge in [0, 0.05) is 5.56 Å². The van der Waals surface area contributed by atoms with Crippen LogP contribution in [-0.2, 0) is 19.0 Å². The fourth-order valence-electron chi connectivity index (χ4n) is 2.63. The van der Waals surface area contributed by atoms with Crippen LogP contribution in [0.25, 0.3) is 0 Å². The Labute approximate surface area is 103 Å². The van der Waals surface area contributed by atoms with E-state index in [4.69, 9.17) is 9.47 Å². The lowest BCUT2D eigenvalue weighted by atomic mass is 9.93. The molecule has 0 aromatic heterocycles. The van der Waals surface area contributed by atoms with Gasteiger partial charge in [-0.2, -0.15) is 13.2 Å². The molecule has 1 aromatic rings. The Balaban J connectivity index is 2.24. The van der Waals surface area contributed by atoms with Crippen LogP contribution in [0.2, 0.25) is 0 Å². The molecule has 0 radical (unpaired) electrons. The molecule has 2 nitrogen and oxygen atoms in total. The zero-order valence-corrected chi connectivity index (χ0v) is 9.77. The molecule has 5 heteroatoms. The molecule has 2 aliphatic rings. The van der Waals surface area contributed by atoms with Crippen molar-refractivity contribution in [3.8, 4) is 11.5 Å². The summed E-state index contributed by atoms with van der Waals surface area (Å²) in [6, 6.07) is 1.72. The van der Waals surface area contributed by atoms with E-state index in [0.29, 0.717) is 43.8 Å². The molecule has 0 unspecified atom stereocenters. The van der Waals surface area contributed by atoms with Crippen LogP contribution in [0.4, 0.5) is 13.2 Å². The molecule has 3 rings (SSSR count). The third kappa shape index (κ3) is 1.82. The van der Waals surface area contributed by atoms with Gasteiger partial charge in [0.1, 0.15) is 17.1 Å². The number of hydrogen-bond acceptors (Lipinski definition) is 2. The Morgan fingerprint density at radius 1 is 1.00 bits per heavy atom. The van der Waals surface area contributed by atoms with E-state index in [1.807, 2.05) is 0 Å². The molecule has 0 aliphatic carbocycles. The van der Waals surface area contributed by atoms with Gasteiger partial charge in [-0.1, -0.05) is 0 Å². The van der Waals surface area contributed by atoms with Crippen molar-refractivity contribution in [2.24, 2.45) is 0 Å². The summed E-state index contributed by atoms with van der Waals surface area (Å²) in [5, 5.41) is 0. The minimum Gasteiger partial charge on any atom is -0.493 e. The number of aryl methyl sites for hydroxylation is 1. The molecule has 0 fully saturated rings. The first kappa shape index (κ1) is 11.7. The smallest absolute Gasteiger partial charge is 0.420 e. The van der Waals surface area contributed by atoms with Crippen LogP contribution in [0.5, 0.6) is 11.5 Å². The quantitative estimate of drug-likeness (QED) is 0.710. The van der Waals surface area contributed by atoms with Crippen LogP contribution in [0.3, 0.4) is 0 Å². The third-order valence-electron chi connectivity index (χ3n) is 3.37. The minimum absolute atomic E-state index is 0.0259. The summed E-state index contributed by atoms with van der Waals surface area (Å²) >= 11 is 0. The topological polar surface area (TPSA) is 18.5 Å². The highest BCUT2D eigenvalue weighted by molar-refractivity contribution is 5.56. The Kier molecular flexibility index (Phi) is 2.64. The molecule has 98 valence electrons. The monoisotopic (exact) mass is 258 g/mol. The Hall–Kier alpha value is -1.39. The van der Waals surface area contributed by atoms with E-state index in [-0.39, 0.29) is 11.3 Å². The lowest BCUT2D eigenvalue weighted by Gasteiger charge is -2.28. The first-order chi connectivity index (χ1) is 8.57. The maximum absolute atomic E-state index is 13.2. The average molecular weight is 258 g/mol. The van der Waals surface area contributed by atoms with Gasteiger partial charge in [-0.25, -0.2) is 0 Å². The second kappa shape index (κ2) is 4.07. The van der Waals surface area contributed by atoms with E-state index in [1.54, 1.807) is 6.07 Å². The van der Waals surface area contributed by atoms with Crippen LogP contribution in [0.1, 0.15) is 29.5 Å². The molecule has 0 bridgehead atoms. The van der Waals surface area contributed by atoms with Crippen molar-refractivity contribution in [2.75, 3.05) is 13.2 Å². The van der Waals surface area contributed by atoms with Gasteiger partial charge in [0.2, 0.25) is 0 Å². The molecular formula is C13H13F3O2. The van der Waals surface area contributed by atoms with Gasteiger partial charge in [-0.15, -0.1) is 0 Å². The Bertz CT molecular complexity index is 446. The van der Waals surface area contributed by atoms with Crippen LogP contribution in [0.15, 0.2) is 6.07 Å². The summed E-state index contributed by atoms with van der Waals surface area (Å²) < 4.78 is 50.3. The number of ether oxygens (including phenoxy) is 2. The number of rotatable bonds is 0. The predicted octanol–water partition coefficient (Wildman–Crippen LogP) is 3.36. The SMILES string of the molecule is FC(F)(F)c1c2c(cc3c1OCCC3)OCCC2.